The van der Waals surface area contributed by atoms with Crippen molar-refractivity contribution < 1.29 is 4.79 Å². The van der Waals surface area contributed by atoms with Gasteiger partial charge in [-0.2, -0.15) is 5.10 Å². The average molecular weight is 255 g/mol. The predicted octanol–water partition coefficient (Wildman–Crippen LogP) is 2.41. The van der Waals surface area contributed by atoms with Crippen molar-refractivity contribution in [1.82, 2.24) is 15.1 Å². The van der Waals surface area contributed by atoms with Gasteiger partial charge in [-0.25, -0.2) is 0 Å². The van der Waals surface area contributed by atoms with Crippen LogP contribution in [-0.2, 0) is 4.79 Å². The third-order valence-electron chi connectivity index (χ3n) is 2.91. The van der Waals surface area contributed by atoms with E-state index in [1.807, 2.05) is 43.5 Å². The number of nitrogens with zero attached hydrogens (tertiary/aromatic N) is 2. The maximum absolute atomic E-state index is 11.8. The molecule has 0 aliphatic carbocycles. The van der Waals surface area contributed by atoms with Crippen LogP contribution in [0.4, 0.5) is 0 Å². The van der Waals surface area contributed by atoms with Crippen LogP contribution < -0.4 is 5.32 Å². The molecule has 19 heavy (non-hydrogen) atoms. The van der Waals surface area contributed by atoms with Crippen LogP contribution in [-0.4, -0.2) is 22.2 Å². The third-order valence-corrected chi connectivity index (χ3v) is 2.91. The summed E-state index contributed by atoms with van der Waals surface area (Å²) in [4.78, 5) is 11.8. The Bertz CT molecular complexity index is 560. The first-order valence-electron chi connectivity index (χ1n) is 6.20. The second-order valence-corrected chi connectivity index (χ2v) is 4.28. The van der Waals surface area contributed by atoms with Crippen LogP contribution in [0.25, 0.3) is 11.1 Å². The van der Waals surface area contributed by atoms with Gasteiger partial charge < -0.3 is 5.32 Å². The number of aromatic nitrogens is 2. The summed E-state index contributed by atoms with van der Waals surface area (Å²) >= 11 is 0. The van der Waals surface area contributed by atoms with Crippen LogP contribution in [0.5, 0.6) is 0 Å². The van der Waals surface area contributed by atoms with Gasteiger partial charge in [0.05, 0.1) is 6.20 Å². The van der Waals surface area contributed by atoms with E-state index in [4.69, 9.17) is 0 Å². The van der Waals surface area contributed by atoms with Crippen molar-refractivity contribution in [3.05, 3.63) is 55.4 Å². The zero-order valence-electron chi connectivity index (χ0n) is 10.9. The molecule has 1 atom stereocenters. The first-order chi connectivity index (χ1) is 9.22. The number of rotatable bonds is 5. The highest BCUT2D eigenvalue weighted by Gasteiger charge is 2.15. The first kappa shape index (κ1) is 13.1. The van der Waals surface area contributed by atoms with Crippen LogP contribution in [0.1, 0.15) is 13.0 Å². The molecule has 4 heteroatoms. The standard InChI is InChI=1S/C15H17N3O/c1-3-9-16-15(19)12(2)18-11-14(10-17-18)13-7-5-4-6-8-13/h3-8,10-12H,1,9H2,2H3,(H,16,19)/t12-/m1/s1. The number of benzene rings is 1. The molecule has 0 aliphatic heterocycles. The molecule has 98 valence electrons. The summed E-state index contributed by atoms with van der Waals surface area (Å²) in [5.41, 5.74) is 2.09. The Morgan fingerprint density at radius 2 is 2.16 bits per heavy atom. The highest BCUT2D eigenvalue weighted by molar-refractivity contribution is 5.80. The maximum Gasteiger partial charge on any atom is 0.244 e. The van der Waals surface area contributed by atoms with E-state index >= 15 is 0 Å². The molecule has 0 saturated carbocycles. The Balaban J connectivity index is 2.13. The lowest BCUT2D eigenvalue weighted by molar-refractivity contribution is -0.123. The molecule has 2 aromatic rings. The summed E-state index contributed by atoms with van der Waals surface area (Å²) in [6, 6.07) is 9.63. The Kier molecular flexibility index (Phi) is 4.13. The van der Waals surface area contributed by atoms with Gasteiger partial charge in [-0.1, -0.05) is 36.4 Å². The normalized spacial score (nSPS) is 11.8. The second kappa shape index (κ2) is 6.00. The SMILES string of the molecule is C=CCNC(=O)[C@@H](C)n1cc(-c2ccccc2)cn1. The van der Waals surface area contributed by atoms with E-state index in [0.29, 0.717) is 6.54 Å². The summed E-state index contributed by atoms with van der Waals surface area (Å²) in [7, 11) is 0. The summed E-state index contributed by atoms with van der Waals surface area (Å²) < 4.78 is 1.67. The summed E-state index contributed by atoms with van der Waals surface area (Å²) in [5, 5.41) is 7.01. The minimum Gasteiger partial charge on any atom is -0.351 e. The minimum atomic E-state index is -0.336. The maximum atomic E-state index is 11.8. The molecule has 1 heterocycles. The highest BCUT2D eigenvalue weighted by Crippen LogP contribution is 2.19. The molecule has 1 aromatic heterocycles. The fourth-order valence-electron chi connectivity index (χ4n) is 1.77. The van der Waals surface area contributed by atoms with Crippen LogP contribution in [0.3, 0.4) is 0 Å². The van der Waals surface area contributed by atoms with Gasteiger partial charge in [0.25, 0.3) is 0 Å². The molecule has 0 radical (unpaired) electrons. The van der Waals surface area contributed by atoms with E-state index in [9.17, 15) is 4.79 Å². The second-order valence-electron chi connectivity index (χ2n) is 4.28. The number of carbonyl (C=O) groups excluding carboxylic acids is 1. The zero-order valence-corrected chi connectivity index (χ0v) is 10.9. The first-order valence-corrected chi connectivity index (χ1v) is 6.20. The van der Waals surface area contributed by atoms with Crippen LogP contribution >= 0.6 is 0 Å². The van der Waals surface area contributed by atoms with Gasteiger partial charge >= 0.3 is 0 Å². The van der Waals surface area contributed by atoms with Crippen molar-refractivity contribution in [1.29, 1.82) is 0 Å². The van der Waals surface area contributed by atoms with Gasteiger partial charge in [0, 0.05) is 18.3 Å². The number of hydrogen-bond donors (Lipinski definition) is 1. The largest absolute Gasteiger partial charge is 0.351 e. The lowest BCUT2D eigenvalue weighted by Crippen LogP contribution is -2.31. The Morgan fingerprint density at radius 1 is 1.42 bits per heavy atom. The van der Waals surface area contributed by atoms with Crippen LogP contribution in [0.2, 0.25) is 0 Å². The van der Waals surface area contributed by atoms with E-state index in [0.717, 1.165) is 11.1 Å². The lowest BCUT2D eigenvalue weighted by Gasteiger charge is -2.11. The van der Waals surface area contributed by atoms with Gasteiger partial charge in [-0.05, 0) is 12.5 Å². The van der Waals surface area contributed by atoms with Crippen molar-refractivity contribution in [3.63, 3.8) is 0 Å². The monoisotopic (exact) mass is 255 g/mol. The smallest absolute Gasteiger partial charge is 0.244 e. The van der Waals surface area contributed by atoms with Crippen molar-refractivity contribution in [2.24, 2.45) is 0 Å². The van der Waals surface area contributed by atoms with E-state index in [1.165, 1.54) is 0 Å². The molecule has 4 nitrogen and oxygen atoms in total. The third kappa shape index (κ3) is 3.10. The summed E-state index contributed by atoms with van der Waals surface area (Å²) in [5.74, 6) is -0.0670. The topological polar surface area (TPSA) is 46.9 Å². The summed E-state index contributed by atoms with van der Waals surface area (Å²) in [6.45, 7) is 5.86. The molecule has 1 aromatic carbocycles. The number of hydrogen-bond acceptors (Lipinski definition) is 2. The minimum absolute atomic E-state index is 0.0670. The van der Waals surface area contributed by atoms with Gasteiger partial charge in [-0.15, -0.1) is 6.58 Å². The highest BCUT2D eigenvalue weighted by atomic mass is 16.2. The van der Waals surface area contributed by atoms with Crippen molar-refractivity contribution in [2.75, 3.05) is 6.54 Å². The molecule has 0 aliphatic rings. The zero-order chi connectivity index (χ0) is 13.7. The molecule has 0 unspecified atom stereocenters. The fourth-order valence-corrected chi connectivity index (χ4v) is 1.77. The van der Waals surface area contributed by atoms with Crippen molar-refractivity contribution >= 4 is 5.91 Å². The quantitative estimate of drug-likeness (QED) is 0.834. The molecule has 0 saturated heterocycles. The van der Waals surface area contributed by atoms with Gasteiger partial charge in [0.15, 0.2) is 0 Å². The fraction of sp³-hybridized carbons (Fsp3) is 0.200. The number of carbonyl (C=O) groups is 1. The Morgan fingerprint density at radius 3 is 2.84 bits per heavy atom. The van der Waals surface area contributed by atoms with Crippen LogP contribution in [0.15, 0.2) is 55.4 Å². The number of amides is 1. The van der Waals surface area contributed by atoms with Gasteiger partial charge in [0.2, 0.25) is 5.91 Å². The van der Waals surface area contributed by atoms with E-state index in [2.05, 4.69) is 17.0 Å². The average Bonchev–Trinajstić information content (AvgIpc) is 2.94. The molecule has 2 rings (SSSR count). The van der Waals surface area contributed by atoms with Crippen molar-refractivity contribution in [2.45, 2.75) is 13.0 Å². The number of nitrogens with one attached hydrogen (secondary N) is 1. The Labute approximate surface area is 112 Å². The molecular formula is C15H17N3O. The van der Waals surface area contributed by atoms with E-state index in [-0.39, 0.29) is 11.9 Å². The van der Waals surface area contributed by atoms with Gasteiger partial charge in [-0.3, -0.25) is 9.48 Å². The Hall–Kier alpha value is -2.36. The molecule has 0 bridgehead atoms. The molecule has 0 fully saturated rings. The lowest BCUT2D eigenvalue weighted by atomic mass is 10.1. The van der Waals surface area contributed by atoms with E-state index < -0.39 is 0 Å². The molecular weight excluding hydrogens is 238 g/mol. The summed E-state index contributed by atoms with van der Waals surface area (Å²) in [6.07, 6.45) is 5.31. The predicted molar refractivity (Wildman–Crippen MR) is 75.6 cm³/mol. The van der Waals surface area contributed by atoms with Crippen LogP contribution in [0, 0.1) is 0 Å². The van der Waals surface area contributed by atoms with Gasteiger partial charge in [0.1, 0.15) is 6.04 Å². The van der Waals surface area contributed by atoms with Crippen molar-refractivity contribution in [3.8, 4) is 11.1 Å². The van der Waals surface area contributed by atoms with E-state index in [1.54, 1.807) is 17.0 Å². The molecule has 1 N–H and O–H groups in total. The molecule has 1 amide bonds. The molecule has 0 spiro atoms.